The summed E-state index contributed by atoms with van der Waals surface area (Å²) in [6.45, 7) is 1.55. The molecule has 7 heteroatoms. The third kappa shape index (κ3) is 3.28. The zero-order valence-corrected chi connectivity index (χ0v) is 9.78. The van der Waals surface area contributed by atoms with Gasteiger partial charge < -0.3 is 11.1 Å². The van der Waals surface area contributed by atoms with Crippen LogP contribution in [-0.4, -0.2) is 31.6 Å². The summed E-state index contributed by atoms with van der Waals surface area (Å²) >= 11 is 0. The Labute approximate surface area is 93.8 Å². The number of anilines is 1. The SMILES string of the molecule is CC(N)C(=O)Nc1ccc(S(C)(=O)=O)nc1. The number of nitrogens with zero attached hydrogens (tertiary/aromatic N) is 1. The van der Waals surface area contributed by atoms with Crippen molar-refractivity contribution in [1.29, 1.82) is 0 Å². The van der Waals surface area contributed by atoms with Crippen molar-refractivity contribution in [2.75, 3.05) is 11.6 Å². The van der Waals surface area contributed by atoms with Crippen LogP contribution in [0.3, 0.4) is 0 Å². The number of hydrogen-bond acceptors (Lipinski definition) is 5. The van der Waals surface area contributed by atoms with Crippen molar-refractivity contribution in [3.8, 4) is 0 Å². The Morgan fingerprint density at radius 1 is 1.50 bits per heavy atom. The van der Waals surface area contributed by atoms with Gasteiger partial charge in [-0.25, -0.2) is 13.4 Å². The molecule has 1 unspecified atom stereocenters. The number of carbonyl (C=O) groups excluding carboxylic acids is 1. The maximum absolute atomic E-state index is 11.2. The molecule has 0 aliphatic heterocycles. The van der Waals surface area contributed by atoms with Gasteiger partial charge in [0.1, 0.15) is 0 Å². The Morgan fingerprint density at radius 2 is 2.12 bits per heavy atom. The van der Waals surface area contributed by atoms with Crippen molar-refractivity contribution >= 4 is 21.4 Å². The van der Waals surface area contributed by atoms with Crippen LogP contribution in [0.2, 0.25) is 0 Å². The number of sulfone groups is 1. The molecule has 0 saturated carbocycles. The highest BCUT2D eigenvalue weighted by Crippen LogP contribution is 2.10. The molecule has 0 spiro atoms. The van der Waals surface area contributed by atoms with E-state index in [1.807, 2.05) is 0 Å². The molecule has 0 aliphatic carbocycles. The normalized spacial score (nSPS) is 13.2. The molecule has 0 radical (unpaired) electrons. The van der Waals surface area contributed by atoms with Crippen molar-refractivity contribution in [2.24, 2.45) is 5.73 Å². The van der Waals surface area contributed by atoms with Crippen LogP contribution in [-0.2, 0) is 14.6 Å². The van der Waals surface area contributed by atoms with Crippen LogP contribution >= 0.6 is 0 Å². The quantitative estimate of drug-likeness (QED) is 0.763. The Bertz CT molecular complexity index is 479. The largest absolute Gasteiger partial charge is 0.323 e. The highest BCUT2D eigenvalue weighted by molar-refractivity contribution is 7.90. The fourth-order valence-corrected chi connectivity index (χ4v) is 1.49. The molecule has 0 aliphatic rings. The maximum atomic E-state index is 11.2. The van der Waals surface area contributed by atoms with E-state index < -0.39 is 15.9 Å². The molecule has 0 bridgehead atoms. The Morgan fingerprint density at radius 3 is 2.50 bits per heavy atom. The first-order valence-corrected chi connectivity index (χ1v) is 6.42. The van der Waals surface area contributed by atoms with Crippen LogP contribution in [0.1, 0.15) is 6.92 Å². The lowest BCUT2D eigenvalue weighted by Gasteiger charge is -2.07. The lowest BCUT2D eigenvalue weighted by Crippen LogP contribution is -2.32. The van der Waals surface area contributed by atoms with Gasteiger partial charge in [0, 0.05) is 6.26 Å². The molecule has 0 fully saturated rings. The van der Waals surface area contributed by atoms with Crippen LogP contribution in [0.5, 0.6) is 0 Å². The van der Waals surface area contributed by atoms with Crippen LogP contribution in [0.4, 0.5) is 5.69 Å². The zero-order chi connectivity index (χ0) is 12.3. The van der Waals surface area contributed by atoms with E-state index in [2.05, 4.69) is 10.3 Å². The lowest BCUT2D eigenvalue weighted by atomic mass is 10.3. The molecule has 6 nitrogen and oxygen atoms in total. The van der Waals surface area contributed by atoms with Gasteiger partial charge in [-0.15, -0.1) is 0 Å². The van der Waals surface area contributed by atoms with E-state index >= 15 is 0 Å². The Kier molecular flexibility index (Phi) is 3.61. The minimum absolute atomic E-state index is 0.0358. The maximum Gasteiger partial charge on any atom is 0.241 e. The summed E-state index contributed by atoms with van der Waals surface area (Å²) in [5.41, 5.74) is 5.77. The molecule has 1 aromatic rings. The molecule has 0 saturated heterocycles. The molecule has 1 atom stereocenters. The third-order valence-corrected chi connectivity index (χ3v) is 2.80. The molecular weight excluding hydrogens is 230 g/mol. The van der Waals surface area contributed by atoms with E-state index in [9.17, 15) is 13.2 Å². The number of carbonyl (C=O) groups is 1. The smallest absolute Gasteiger partial charge is 0.241 e. The summed E-state index contributed by atoms with van der Waals surface area (Å²) in [6.07, 6.45) is 2.34. The number of hydrogen-bond donors (Lipinski definition) is 2. The van der Waals surface area contributed by atoms with Crippen molar-refractivity contribution in [3.63, 3.8) is 0 Å². The third-order valence-electron chi connectivity index (χ3n) is 1.80. The molecule has 1 aromatic heterocycles. The van der Waals surface area contributed by atoms with Gasteiger partial charge in [-0.2, -0.15) is 0 Å². The number of rotatable bonds is 3. The second-order valence-electron chi connectivity index (χ2n) is 3.44. The summed E-state index contributed by atoms with van der Waals surface area (Å²) in [5, 5.41) is 2.46. The van der Waals surface area contributed by atoms with E-state index in [-0.39, 0.29) is 10.9 Å². The lowest BCUT2D eigenvalue weighted by molar-refractivity contribution is -0.117. The summed E-state index contributed by atoms with van der Waals surface area (Å²) in [4.78, 5) is 14.9. The first-order chi connectivity index (χ1) is 7.30. The predicted molar refractivity (Wildman–Crippen MR) is 59.6 cm³/mol. The highest BCUT2D eigenvalue weighted by Gasteiger charge is 2.10. The topological polar surface area (TPSA) is 102 Å². The number of pyridine rings is 1. The first kappa shape index (κ1) is 12.6. The minimum atomic E-state index is -3.31. The summed E-state index contributed by atoms with van der Waals surface area (Å²) < 4.78 is 22.2. The van der Waals surface area contributed by atoms with Gasteiger partial charge in [-0.05, 0) is 19.1 Å². The molecule has 16 heavy (non-hydrogen) atoms. The van der Waals surface area contributed by atoms with Gasteiger partial charge in [-0.3, -0.25) is 4.79 Å². The fraction of sp³-hybridized carbons (Fsp3) is 0.333. The summed E-state index contributed by atoms with van der Waals surface area (Å²) in [6, 6.07) is 2.16. The summed E-state index contributed by atoms with van der Waals surface area (Å²) in [5.74, 6) is -0.353. The second-order valence-corrected chi connectivity index (χ2v) is 5.40. The van der Waals surface area contributed by atoms with Gasteiger partial charge in [-0.1, -0.05) is 0 Å². The van der Waals surface area contributed by atoms with Crippen LogP contribution in [0.25, 0.3) is 0 Å². The van der Waals surface area contributed by atoms with E-state index in [0.29, 0.717) is 5.69 Å². The number of amides is 1. The Hall–Kier alpha value is -1.47. The second kappa shape index (κ2) is 4.58. The van der Waals surface area contributed by atoms with Crippen molar-refractivity contribution in [3.05, 3.63) is 18.3 Å². The van der Waals surface area contributed by atoms with Crippen LogP contribution < -0.4 is 11.1 Å². The predicted octanol–water partition coefficient (Wildman–Crippen LogP) is -0.229. The first-order valence-electron chi connectivity index (χ1n) is 4.53. The van der Waals surface area contributed by atoms with E-state index in [4.69, 9.17) is 5.73 Å². The van der Waals surface area contributed by atoms with Crippen LogP contribution in [0, 0.1) is 0 Å². The molecule has 0 aromatic carbocycles. The molecule has 88 valence electrons. The fourth-order valence-electron chi connectivity index (χ4n) is 0.930. The van der Waals surface area contributed by atoms with Crippen molar-refractivity contribution in [2.45, 2.75) is 18.0 Å². The molecule has 1 rings (SSSR count). The van der Waals surface area contributed by atoms with Gasteiger partial charge in [0.05, 0.1) is 17.9 Å². The highest BCUT2D eigenvalue weighted by atomic mass is 32.2. The minimum Gasteiger partial charge on any atom is -0.323 e. The van der Waals surface area contributed by atoms with Gasteiger partial charge >= 0.3 is 0 Å². The standard InChI is InChI=1S/C9H13N3O3S/c1-6(10)9(13)12-7-3-4-8(11-5-7)16(2,14)15/h3-6H,10H2,1-2H3,(H,12,13). The van der Waals surface area contributed by atoms with Crippen LogP contribution in [0.15, 0.2) is 23.4 Å². The average Bonchev–Trinajstić information content (AvgIpc) is 2.17. The molecule has 3 N–H and O–H groups in total. The Balaban J connectivity index is 2.84. The van der Waals surface area contributed by atoms with Gasteiger partial charge in [0.25, 0.3) is 0 Å². The van der Waals surface area contributed by atoms with Gasteiger partial charge in [0.2, 0.25) is 5.91 Å². The monoisotopic (exact) mass is 243 g/mol. The molecule has 1 heterocycles. The number of nitrogens with two attached hydrogens (primary N) is 1. The molecule has 1 amide bonds. The average molecular weight is 243 g/mol. The zero-order valence-electron chi connectivity index (χ0n) is 8.97. The van der Waals surface area contributed by atoms with E-state index in [1.54, 1.807) is 6.92 Å². The number of aromatic nitrogens is 1. The van der Waals surface area contributed by atoms with Crippen molar-refractivity contribution in [1.82, 2.24) is 4.98 Å². The summed E-state index contributed by atoms with van der Waals surface area (Å²) in [7, 11) is -3.31. The van der Waals surface area contributed by atoms with E-state index in [1.165, 1.54) is 18.3 Å². The number of nitrogens with one attached hydrogen (secondary N) is 1. The molecular formula is C9H13N3O3S. The van der Waals surface area contributed by atoms with E-state index in [0.717, 1.165) is 6.26 Å². The van der Waals surface area contributed by atoms with Gasteiger partial charge in [0.15, 0.2) is 14.9 Å². The van der Waals surface area contributed by atoms with Crippen molar-refractivity contribution < 1.29 is 13.2 Å².